The molecule has 0 fully saturated rings. The van der Waals surface area contributed by atoms with Crippen molar-refractivity contribution in [1.82, 2.24) is 5.32 Å². The number of hydrogen-bond donors (Lipinski definition) is 1. The van der Waals surface area contributed by atoms with E-state index in [0.717, 1.165) is 0 Å². The summed E-state index contributed by atoms with van der Waals surface area (Å²) in [7, 11) is 0. The first-order valence-electron chi connectivity index (χ1n) is 8.79. The number of carbonyl (C=O) groups excluding carboxylic acids is 2. The molecule has 0 spiro atoms. The highest BCUT2D eigenvalue weighted by molar-refractivity contribution is 6.23. The zero-order valence-corrected chi connectivity index (χ0v) is 14.4. The Morgan fingerprint density at radius 1 is 0.444 bits per heavy atom. The van der Waals surface area contributed by atoms with E-state index in [0.29, 0.717) is 11.1 Å². The molecule has 128 valence electrons. The summed E-state index contributed by atoms with van der Waals surface area (Å²) >= 11 is 0. The van der Waals surface area contributed by atoms with Crippen molar-refractivity contribution < 1.29 is 9.59 Å². The highest BCUT2D eigenvalue weighted by Crippen LogP contribution is 2.33. The second-order valence-electron chi connectivity index (χ2n) is 6.62. The Balaban J connectivity index is 0.000000128. The molecule has 27 heavy (non-hydrogen) atoms. The van der Waals surface area contributed by atoms with Crippen molar-refractivity contribution in [1.29, 1.82) is 0 Å². The van der Waals surface area contributed by atoms with Crippen LogP contribution in [-0.4, -0.2) is 11.8 Å². The van der Waals surface area contributed by atoms with Gasteiger partial charge in [0.1, 0.15) is 0 Å². The Labute approximate surface area is 155 Å². The van der Waals surface area contributed by atoms with Crippen LogP contribution in [0.3, 0.4) is 0 Å². The third-order valence-corrected chi connectivity index (χ3v) is 5.04. The van der Waals surface area contributed by atoms with Gasteiger partial charge in [0.15, 0.2) is 0 Å². The number of amides is 2. The molecule has 1 N–H and O–H groups in total. The van der Waals surface area contributed by atoms with Gasteiger partial charge in [-0.25, -0.2) is 0 Å². The lowest BCUT2D eigenvalue weighted by Crippen LogP contribution is -2.19. The maximum absolute atomic E-state index is 10.9. The van der Waals surface area contributed by atoms with Crippen LogP contribution in [0.5, 0.6) is 0 Å². The minimum absolute atomic E-state index is 0.300. The van der Waals surface area contributed by atoms with Gasteiger partial charge in [0, 0.05) is 0 Å². The van der Waals surface area contributed by atoms with Gasteiger partial charge in [-0.05, 0) is 44.5 Å². The number of fused-ring (bicyclic) bond motifs is 1. The topological polar surface area (TPSA) is 46.2 Å². The smallest absolute Gasteiger partial charge is 0.258 e. The highest BCUT2D eigenvalue weighted by Gasteiger charge is 2.25. The van der Waals surface area contributed by atoms with Gasteiger partial charge in [0.05, 0.1) is 11.1 Å². The Morgan fingerprint density at radius 3 is 1.19 bits per heavy atom. The number of hydrogen-bond acceptors (Lipinski definition) is 2. The molecule has 1 aliphatic heterocycles. The fraction of sp³-hybridized carbons (Fsp3) is 0. The van der Waals surface area contributed by atoms with Crippen molar-refractivity contribution in [2.75, 3.05) is 0 Å². The van der Waals surface area contributed by atoms with Gasteiger partial charge in [-0.15, -0.1) is 0 Å². The first kappa shape index (κ1) is 15.5. The van der Waals surface area contributed by atoms with Crippen LogP contribution in [0.25, 0.3) is 32.3 Å². The van der Waals surface area contributed by atoms with Gasteiger partial charge in [0.2, 0.25) is 0 Å². The van der Waals surface area contributed by atoms with Crippen molar-refractivity contribution >= 4 is 44.1 Å². The summed E-state index contributed by atoms with van der Waals surface area (Å²) in [4.78, 5) is 21.9. The summed E-state index contributed by atoms with van der Waals surface area (Å²) in [5.74, 6) is -0.601. The molecular weight excluding hydrogens is 334 g/mol. The maximum atomic E-state index is 10.9. The van der Waals surface area contributed by atoms with E-state index in [1.807, 2.05) is 0 Å². The number of rotatable bonds is 0. The average molecular weight is 349 g/mol. The Kier molecular flexibility index (Phi) is 3.41. The molecule has 0 bridgehead atoms. The molecule has 3 nitrogen and oxygen atoms in total. The van der Waals surface area contributed by atoms with E-state index in [4.69, 9.17) is 0 Å². The normalized spacial score (nSPS) is 12.9. The maximum Gasteiger partial charge on any atom is 0.258 e. The second kappa shape index (κ2) is 5.92. The van der Waals surface area contributed by atoms with Crippen LogP contribution >= 0.6 is 0 Å². The van der Waals surface area contributed by atoms with E-state index in [9.17, 15) is 9.59 Å². The summed E-state index contributed by atoms with van der Waals surface area (Å²) in [6, 6.07) is 28.6. The summed E-state index contributed by atoms with van der Waals surface area (Å²) in [5.41, 5.74) is 0.940. The van der Waals surface area contributed by atoms with Crippen molar-refractivity contribution in [2.24, 2.45) is 0 Å². The molecule has 5 aromatic rings. The molecule has 0 saturated carbocycles. The van der Waals surface area contributed by atoms with Crippen molar-refractivity contribution in [3.63, 3.8) is 0 Å². The summed E-state index contributed by atoms with van der Waals surface area (Å²) in [6.07, 6.45) is 0. The van der Waals surface area contributed by atoms with Crippen LogP contribution in [-0.2, 0) is 0 Å². The van der Waals surface area contributed by atoms with E-state index < -0.39 is 0 Å². The molecule has 6 rings (SSSR count). The quantitative estimate of drug-likeness (QED) is 0.310. The first-order valence-corrected chi connectivity index (χ1v) is 8.79. The molecular formula is C24H15NO2. The molecule has 0 aromatic heterocycles. The van der Waals surface area contributed by atoms with E-state index in [1.165, 1.54) is 32.3 Å². The van der Waals surface area contributed by atoms with Gasteiger partial charge in [-0.2, -0.15) is 0 Å². The summed E-state index contributed by atoms with van der Waals surface area (Å²) in [6.45, 7) is 0. The fourth-order valence-corrected chi connectivity index (χ4v) is 3.79. The van der Waals surface area contributed by atoms with E-state index in [-0.39, 0.29) is 11.8 Å². The molecule has 0 saturated heterocycles. The van der Waals surface area contributed by atoms with Crippen molar-refractivity contribution in [3.05, 3.63) is 96.1 Å². The molecule has 3 heteroatoms. The zero-order valence-electron chi connectivity index (χ0n) is 14.4. The lowest BCUT2D eigenvalue weighted by molar-refractivity contribution is 0.0879. The van der Waals surface area contributed by atoms with Gasteiger partial charge >= 0.3 is 0 Å². The standard InChI is InChI=1S/C16H10.C8H5NO2/c1-3-11-7-9-13-5-2-6-14-10-8-12(4-1)15(11)16(13)14;10-7-5-3-1-2-4-6(5)8(11)9-7/h1-10H;1-4H,(H,9,10,11). The minimum atomic E-state index is -0.300. The molecule has 0 radical (unpaired) electrons. The van der Waals surface area contributed by atoms with Gasteiger partial charge in [-0.3, -0.25) is 14.9 Å². The van der Waals surface area contributed by atoms with Crippen LogP contribution in [0, 0.1) is 0 Å². The largest absolute Gasteiger partial charge is 0.288 e. The molecule has 1 heterocycles. The van der Waals surface area contributed by atoms with Crippen LogP contribution in [0.15, 0.2) is 84.9 Å². The van der Waals surface area contributed by atoms with Gasteiger partial charge in [0.25, 0.3) is 11.8 Å². The van der Waals surface area contributed by atoms with Crippen LogP contribution in [0.2, 0.25) is 0 Å². The Bertz CT molecular complexity index is 1170. The summed E-state index contributed by atoms with van der Waals surface area (Å²) < 4.78 is 0. The lowest BCUT2D eigenvalue weighted by atomic mass is 9.95. The highest BCUT2D eigenvalue weighted by atomic mass is 16.2. The molecule has 1 aliphatic rings. The second-order valence-corrected chi connectivity index (χ2v) is 6.62. The Morgan fingerprint density at radius 2 is 0.815 bits per heavy atom. The van der Waals surface area contributed by atoms with Gasteiger partial charge in [-0.1, -0.05) is 72.8 Å². The lowest BCUT2D eigenvalue weighted by Gasteiger charge is -2.09. The van der Waals surface area contributed by atoms with Crippen LogP contribution < -0.4 is 5.32 Å². The van der Waals surface area contributed by atoms with Gasteiger partial charge < -0.3 is 0 Å². The minimum Gasteiger partial charge on any atom is -0.288 e. The SMILES string of the molecule is O=C1NC(=O)c2ccccc21.c1cc2ccc3cccc4ccc(c1)c2c34. The molecule has 5 aromatic carbocycles. The van der Waals surface area contributed by atoms with E-state index in [1.54, 1.807) is 24.3 Å². The molecule has 2 amide bonds. The van der Waals surface area contributed by atoms with Crippen molar-refractivity contribution in [3.8, 4) is 0 Å². The average Bonchev–Trinajstić information content (AvgIpc) is 3.01. The monoisotopic (exact) mass is 349 g/mol. The van der Waals surface area contributed by atoms with Crippen molar-refractivity contribution in [2.45, 2.75) is 0 Å². The van der Waals surface area contributed by atoms with Crippen LogP contribution in [0.4, 0.5) is 0 Å². The zero-order chi connectivity index (χ0) is 18.4. The Hall–Kier alpha value is -3.72. The predicted octanol–water partition coefficient (Wildman–Crippen LogP) is 5.15. The molecule has 0 aliphatic carbocycles. The fourth-order valence-electron chi connectivity index (χ4n) is 3.79. The molecule has 0 unspecified atom stereocenters. The number of carbonyl (C=O) groups is 2. The number of nitrogens with one attached hydrogen (secondary N) is 1. The third kappa shape index (κ3) is 2.44. The van der Waals surface area contributed by atoms with E-state index >= 15 is 0 Å². The number of benzene rings is 5. The molecule has 0 atom stereocenters. The summed E-state index contributed by atoms with van der Waals surface area (Å²) in [5, 5.41) is 10.3. The predicted molar refractivity (Wildman–Crippen MR) is 108 cm³/mol. The first-order chi connectivity index (χ1) is 13.2. The third-order valence-electron chi connectivity index (χ3n) is 5.04. The van der Waals surface area contributed by atoms with E-state index in [2.05, 4.69) is 66.0 Å². The van der Waals surface area contributed by atoms with Crippen LogP contribution in [0.1, 0.15) is 20.7 Å². The number of imide groups is 1.